The molecule has 4 aromatic rings. The van der Waals surface area contributed by atoms with Crippen molar-refractivity contribution >= 4 is 45.9 Å². The molecule has 0 amide bonds. The molecule has 0 saturated carbocycles. The van der Waals surface area contributed by atoms with Gasteiger partial charge in [0.2, 0.25) is 5.95 Å². The van der Waals surface area contributed by atoms with Crippen molar-refractivity contribution in [3.8, 4) is 0 Å². The summed E-state index contributed by atoms with van der Waals surface area (Å²) in [5.41, 5.74) is 6.30. The summed E-state index contributed by atoms with van der Waals surface area (Å²) in [7, 11) is 0. The first-order valence-electron chi connectivity index (χ1n) is 8.86. The number of rotatable bonds is 4. The first kappa shape index (κ1) is 18.1. The summed E-state index contributed by atoms with van der Waals surface area (Å²) >= 11 is 6.05. The third-order valence-electron chi connectivity index (χ3n) is 4.40. The molecule has 0 aliphatic rings. The molecule has 0 atom stereocenters. The highest BCUT2D eigenvalue weighted by Crippen LogP contribution is 2.27. The Balaban J connectivity index is 1.76. The van der Waals surface area contributed by atoms with E-state index in [1.165, 1.54) is 5.56 Å². The molecule has 6 nitrogen and oxygen atoms in total. The van der Waals surface area contributed by atoms with Gasteiger partial charge in [-0.2, -0.15) is 9.97 Å². The van der Waals surface area contributed by atoms with Crippen molar-refractivity contribution in [2.45, 2.75) is 20.8 Å². The average molecular weight is 391 g/mol. The Morgan fingerprint density at radius 3 is 2.29 bits per heavy atom. The van der Waals surface area contributed by atoms with E-state index in [1.54, 1.807) is 12.4 Å². The van der Waals surface area contributed by atoms with Crippen LogP contribution in [0, 0.1) is 20.8 Å². The number of nitrogens with one attached hydrogen (secondary N) is 2. The standard InChI is InChI=1S/C21H19ClN6/c1-12-4-6-16(13(2)10-12)25-20-18-19(24-9-8-23-18)27-21(28-20)26-17-7-5-15(22)11-14(17)3/h4-11H,1-3H3,(H2,24,25,26,27,28). The summed E-state index contributed by atoms with van der Waals surface area (Å²) < 4.78 is 0. The molecule has 140 valence electrons. The van der Waals surface area contributed by atoms with Crippen LogP contribution in [0.4, 0.5) is 23.1 Å². The van der Waals surface area contributed by atoms with Crippen molar-refractivity contribution < 1.29 is 0 Å². The minimum atomic E-state index is 0.436. The van der Waals surface area contributed by atoms with Gasteiger partial charge < -0.3 is 10.6 Å². The largest absolute Gasteiger partial charge is 0.338 e. The number of aromatic nitrogens is 4. The van der Waals surface area contributed by atoms with Crippen molar-refractivity contribution in [1.82, 2.24) is 19.9 Å². The molecule has 28 heavy (non-hydrogen) atoms. The van der Waals surface area contributed by atoms with E-state index < -0.39 is 0 Å². The van der Waals surface area contributed by atoms with Crippen LogP contribution in [0.3, 0.4) is 0 Å². The van der Waals surface area contributed by atoms with Gasteiger partial charge in [-0.25, -0.2) is 9.97 Å². The summed E-state index contributed by atoms with van der Waals surface area (Å²) in [6, 6.07) is 11.8. The van der Waals surface area contributed by atoms with E-state index in [4.69, 9.17) is 11.6 Å². The van der Waals surface area contributed by atoms with Gasteiger partial charge in [-0.1, -0.05) is 29.3 Å². The van der Waals surface area contributed by atoms with Gasteiger partial charge >= 0.3 is 0 Å². The molecule has 2 N–H and O–H groups in total. The van der Waals surface area contributed by atoms with Gasteiger partial charge in [0.1, 0.15) is 0 Å². The van der Waals surface area contributed by atoms with Crippen LogP contribution < -0.4 is 10.6 Å². The van der Waals surface area contributed by atoms with Crippen LogP contribution in [-0.4, -0.2) is 19.9 Å². The Morgan fingerprint density at radius 1 is 0.786 bits per heavy atom. The Kier molecular flexibility index (Phi) is 4.79. The van der Waals surface area contributed by atoms with Crippen molar-refractivity contribution in [3.05, 3.63) is 70.5 Å². The minimum absolute atomic E-state index is 0.436. The predicted molar refractivity (Wildman–Crippen MR) is 114 cm³/mol. The second-order valence-electron chi connectivity index (χ2n) is 6.65. The number of anilines is 4. The van der Waals surface area contributed by atoms with E-state index in [0.29, 0.717) is 28.0 Å². The molecule has 4 rings (SSSR count). The molecule has 7 heteroatoms. The van der Waals surface area contributed by atoms with Crippen LogP contribution in [0.15, 0.2) is 48.8 Å². The highest BCUT2D eigenvalue weighted by Gasteiger charge is 2.12. The van der Waals surface area contributed by atoms with E-state index in [1.807, 2.05) is 31.2 Å². The van der Waals surface area contributed by atoms with Crippen molar-refractivity contribution in [1.29, 1.82) is 0 Å². The van der Waals surface area contributed by atoms with Gasteiger partial charge in [-0.3, -0.25) is 0 Å². The highest BCUT2D eigenvalue weighted by atomic mass is 35.5. The van der Waals surface area contributed by atoms with E-state index in [-0.39, 0.29) is 0 Å². The fourth-order valence-electron chi connectivity index (χ4n) is 2.98. The number of hydrogen-bond acceptors (Lipinski definition) is 6. The van der Waals surface area contributed by atoms with Gasteiger partial charge in [0, 0.05) is 28.8 Å². The maximum atomic E-state index is 6.05. The molecule has 0 spiro atoms. The van der Waals surface area contributed by atoms with Gasteiger partial charge in [0.25, 0.3) is 0 Å². The van der Waals surface area contributed by atoms with Crippen molar-refractivity contribution in [3.63, 3.8) is 0 Å². The van der Waals surface area contributed by atoms with Gasteiger partial charge in [0.05, 0.1) is 0 Å². The maximum Gasteiger partial charge on any atom is 0.231 e. The Bertz CT molecular complexity index is 1170. The van der Waals surface area contributed by atoms with E-state index in [9.17, 15) is 0 Å². The molecule has 2 aromatic heterocycles. The lowest BCUT2D eigenvalue weighted by atomic mass is 10.1. The number of fused-ring (bicyclic) bond motifs is 1. The summed E-state index contributed by atoms with van der Waals surface area (Å²) in [6.45, 7) is 6.10. The molecule has 0 aliphatic heterocycles. The fourth-order valence-corrected chi connectivity index (χ4v) is 3.20. The monoisotopic (exact) mass is 390 g/mol. The van der Waals surface area contributed by atoms with Crippen molar-refractivity contribution in [2.24, 2.45) is 0 Å². The van der Waals surface area contributed by atoms with Crippen LogP contribution in [0.1, 0.15) is 16.7 Å². The van der Waals surface area contributed by atoms with Gasteiger partial charge in [-0.15, -0.1) is 0 Å². The number of nitrogens with zero attached hydrogens (tertiary/aromatic N) is 4. The lowest BCUT2D eigenvalue weighted by molar-refractivity contribution is 1.14. The zero-order valence-electron chi connectivity index (χ0n) is 15.8. The molecule has 2 heterocycles. The van der Waals surface area contributed by atoms with E-state index in [0.717, 1.165) is 22.5 Å². The maximum absolute atomic E-state index is 6.05. The Morgan fingerprint density at radius 2 is 1.50 bits per heavy atom. The van der Waals surface area contributed by atoms with Crippen molar-refractivity contribution in [2.75, 3.05) is 10.6 Å². The molecule has 0 unspecified atom stereocenters. The number of benzene rings is 2. The third-order valence-corrected chi connectivity index (χ3v) is 4.64. The first-order valence-corrected chi connectivity index (χ1v) is 9.23. The normalized spacial score (nSPS) is 10.9. The zero-order chi connectivity index (χ0) is 19.7. The molecule has 0 bridgehead atoms. The van der Waals surface area contributed by atoms with Crippen LogP contribution in [0.2, 0.25) is 5.02 Å². The molecule has 0 radical (unpaired) electrons. The predicted octanol–water partition coefficient (Wildman–Crippen LogP) is 5.49. The van der Waals surface area contributed by atoms with E-state index in [2.05, 4.69) is 56.5 Å². The smallest absolute Gasteiger partial charge is 0.231 e. The van der Waals surface area contributed by atoms with Crippen LogP contribution in [0.25, 0.3) is 11.2 Å². The van der Waals surface area contributed by atoms with Crippen LogP contribution in [-0.2, 0) is 0 Å². The average Bonchev–Trinajstić information content (AvgIpc) is 2.66. The summed E-state index contributed by atoms with van der Waals surface area (Å²) in [5, 5.41) is 7.32. The minimum Gasteiger partial charge on any atom is -0.338 e. The first-order chi connectivity index (χ1) is 13.5. The third kappa shape index (κ3) is 3.73. The van der Waals surface area contributed by atoms with Gasteiger partial charge in [-0.05, 0) is 56.2 Å². The lowest BCUT2D eigenvalue weighted by Gasteiger charge is -2.13. The SMILES string of the molecule is Cc1ccc(Nc2nc(Nc3ccc(Cl)cc3C)nc3nccnc23)c(C)c1. The summed E-state index contributed by atoms with van der Waals surface area (Å²) in [4.78, 5) is 17.9. The molecule has 2 aromatic carbocycles. The number of aryl methyl sites for hydroxylation is 3. The number of halogens is 1. The van der Waals surface area contributed by atoms with Gasteiger partial charge in [0.15, 0.2) is 17.0 Å². The fraction of sp³-hybridized carbons (Fsp3) is 0.143. The van der Waals surface area contributed by atoms with Crippen LogP contribution in [0.5, 0.6) is 0 Å². The second kappa shape index (κ2) is 7.40. The molecule has 0 saturated heterocycles. The topological polar surface area (TPSA) is 75.6 Å². The van der Waals surface area contributed by atoms with Crippen LogP contribution >= 0.6 is 11.6 Å². The summed E-state index contributed by atoms with van der Waals surface area (Å²) in [5.74, 6) is 1.03. The Labute approximate surface area is 168 Å². The Hall–Kier alpha value is -3.25. The second-order valence-corrected chi connectivity index (χ2v) is 7.09. The molecular formula is C21H19ClN6. The van der Waals surface area contributed by atoms with E-state index >= 15 is 0 Å². The highest BCUT2D eigenvalue weighted by molar-refractivity contribution is 6.30. The summed E-state index contributed by atoms with van der Waals surface area (Å²) in [6.07, 6.45) is 3.25. The quantitative estimate of drug-likeness (QED) is 0.480. The number of hydrogen-bond donors (Lipinski definition) is 2. The molecular weight excluding hydrogens is 372 g/mol. The molecule has 0 fully saturated rings. The zero-order valence-corrected chi connectivity index (χ0v) is 16.5. The molecule has 0 aliphatic carbocycles. The lowest BCUT2D eigenvalue weighted by Crippen LogP contribution is -2.05.